The van der Waals surface area contributed by atoms with E-state index in [4.69, 9.17) is 0 Å². The molecule has 0 saturated heterocycles. The molecule has 1 aromatic carbocycles. The van der Waals surface area contributed by atoms with Crippen molar-refractivity contribution in [1.82, 2.24) is 0 Å². The van der Waals surface area contributed by atoms with E-state index in [1.54, 1.807) is 0 Å². The zero-order chi connectivity index (χ0) is 12.4. The second-order valence-electron chi connectivity index (χ2n) is 2.93. The lowest BCUT2D eigenvalue weighted by molar-refractivity contribution is -0.153. The van der Waals surface area contributed by atoms with E-state index in [0.29, 0.717) is 12.1 Å². The highest BCUT2D eigenvalue weighted by atomic mass is 19.4. The highest BCUT2D eigenvalue weighted by Gasteiger charge is 2.31. The fourth-order valence-corrected chi connectivity index (χ4v) is 0.905. The van der Waals surface area contributed by atoms with Crippen LogP contribution in [0.4, 0.5) is 26.3 Å². The number of ether oxygens (including phenoxy) is 1. The monoisotopic (exact) mass is 244 g/mol. The fourth-order valence-electron chi connectivity index (χ4n) is 0.905. The molecule has 0 aliphatic carbocycles. The van der Waals surface area contributed by atoms with E-state index in [-0.39, 0.29) is 5.75 Å². The topological polar surface area (TPSA) is 9.23 Å². The van der Waals surface area contributed by atoms with Crippen LogP contribution in [0, 0.1) is 0 Å². The van der Waals surface area contributed by atoms with Gasteiger partial charge in [0.25, 0.3) is 0 Å². The van der Waals surface area contributed by atoms with Gasteiger partial charge in [-0.2, -0.15) is 26.3 Å². The van der Waals surface area contributed by atoms with Crippen molar-refractivity contribution < 1.29 is 31.1 Å². The highest BCUT2D eigenvalue weighted by Crippen LogP contribution is 2.30. The standard InChI is InChI=1S/C9H6F6O/c10-8(11,12)5-16-7-3-1-6(2-4-7)9(13,14)15/h1-4H,5H2. The van der Waals surface area contributed by atoms with E-state index < -0.39 is 24.5 Å². The van der Waals surface area contributed by atoms with E-state index in [0.717, 1.165) is 12.1 Å². The molecule has 0 radical (unpaired) electrons. The molecule has 1 nitrogen and oxygen atoms in total. The van der Waals surface area contributed by atoms with Gasteiger partial charge < -0.3 is 4.74 Å². The first-order chi connectivity index (χ1) is 7.18. The first-order valence-corrected chi connectivity index (χ1v) is 4.05. The summed E-state index contributed by atoms with van der Waals surface area (Å²) in [5.74, 6) is -0.259. The molecule has 0 N–H and O–H groups in total. The van der Waals surface area contributed by atoms with Gasteiger partial charge in [0.15, 0.2) is 6.61 Å². The zero-order valence-electron chi connectivity index (χ0n) is 7.69. The summed E-state index contributed by atoms with van der Waals surface area (Å²) < 4.78 is 75.6. The minimum atomic E-state index is -4.51. The van der Waals surface area contributed by atoms with E-state index >= 15 is 0 Å². The van der Waals surface area contributed by atoms with E-state index in [2.05, 4.69) is 4.74 Å². The Morgan fingerprint density at radius 2 is 1.38 bits per heavy atom. The van der Waals surface area contributed by atoms with Gasteiger partial charge in [-0.05, 0) is 24.3 Å². The molecule has 0 atom stereocenters. The van der Waals surface area contributed by atoms with Gasteiger partial charge in [0.1, 0.15) is 5.75 Å². The van der Waals surface area contributed by atoms with E-state index in [1.165, 1.54) is 0 Å². The summed E-state index contributed by atoms with van der Waals surface area (Å²) in [6.45, 7) is -1.53. The third-order valence-corrected chi connectivity index (χ3v) is 1.58. The molecule has 0 saturated carbocycles. The molecule has 1 rings (SSSR count). The van der Waals surface area contributed by atoms with Crippen LogP contribution in [0.5, 0.6) is 5.75 Å². The van der Waals surface area contributed by atoms with E-state index in [1.807, 2.05) is 0 Å². The zero-order valence-corrected chi connectivity index (χ0v) is 7.69. The lowest BCUT2D eigenvalue weighted by Crippen LogP contribution is -2.19. The molecule has 16 heavy (non-hydrogen) atoms. The number of rotatable bonds is 2. The SMILES string of the molecule is FC(F)(F)COc1ccc(C(F)(F)F)cc1. The summed E-state index contributed by atoms with van der Waals surface area (Å²) in [5, 5.41) is 0. The molecule has 0 aliphatic heterocycles. The van der Waals surface area contributed by atoms with Crippen LogP contribution in [-0.4, -0.2) is 12.8 Å². The van der Waals surface area contributed by atoms with Crippen LogP contribution in [0.3, 0.4) is 0 Å². The smallest absolute Gasteiger partial charge is 0.422 e. The van der Waals surface area contributed by atoms with Crippen molar-refractivity contribution >= 4 is 0 Å². The van der Waals surface area contributed by atoms with Gasteiger partial charge in [0, 0.05) is 0 Å². The molecule has 0 aliphatic rings. The van der Waals surface area contributed by atoms with Gasteiger partial charge in [0.2, 0.25) is 0 Å². The van der Waals surface area contributed by atoms with Crippen molar-refractivity contribution in [2.24, 2.45) is 0 Å². The maximum atomic E-state index is 12.1. The lowest BCUT2D eigenvalue weighted by atomic mass is 10.2. The van der Waals surface area contributed by atoms with Crippen molar-refractivity contribution in [3.8, 4) is 5.75 Å². The Morgan fingerprint density at radius 3 is 1.75 bits per heavy atom. The quantitative estimate of drug-likeness (QED) is 0.721. The van der Waals surface area contributed by atoms with Gasteiger partial charge in [-0.1, -0.05) is 0 Å². The van der Waals surface area contributed by atoms with Crippen molar-refractivity contribution in [2.45, 2.75) is 12.4 Å². The molecule has 0 heterocycles. The fraction of sp³-hybridized carbons (Fsp3) is 0.333. The van der Waals surface area contributed by atoms with Crippen molar-refractivity contribution in [1.29, 1.82) is 0 Å². The van der Waals surface area contributed by atoms with Crippen LogP contribution in [0.15, 0.2) is 24.3 Å². The Kier molecular flexibility index (Phi) is 3.35. The van der Waals surface area contributed by atoms with Crippen LogP contribution in [-0.2, 0) is 6.18 Å². The second-order valence-corrected chi connectivity index (χ2v) is 2.93. The number of alkyl halides is 6. The minimum Gasteiger partial charge on any atom is -0.484 e. The summed E-state index contributed by atoms with van der Waals surface area (Å²) >= 11 is 0. The molecule has 90 valence electrons. The third-order valence-electron chi connectivity index (χ3n) is 1.58. The molecule has 0 aromatic heterocycles. The average Bonchev–Trinajstić information content (AvgIpc) is 2.13. The molecular weight excluding hydrogens is 238 g/mol. The third kappa shape index (κ3) is 4.00. The minimum absolute atomic E-state index is 0.259. The number of halogens is 6. The van der Waals surface area contributed by atoms with Gasteiger partial charge in [-0.25, -0.2) is 0 Å². The predicted molar refractivity (Wildman–Crippen MR) is 43.0 cm³/mol. The average molecular weight is 244 g/mol. The van der Waals surface area contributed by atoms with Crippen LogP contribution in [0.25, 0.3) is 0 Å². The maximum Gasteiger partial charge on any atom is 0.422 e. The number of hydrogen-bond donors (Lipinski definition) is 0. The van der Waals surface area contributed by atoms with Gasteiger partial charge >= 0.3 is 12.4 Å². The normalized spacial score (nSPS) is 12.6. The van der Waals surface area contributed by atoms with Gasteiger partial charge in [-0.3, -0.25) is 0 Å². The van der Waals surface area contributed by atoms with Crippen LogP contribution >= 0.6 is 0 Å². The lowest BCUT2D eigenvalue weighted by Gasteiger charge is -2.10. The highest BCUT2D eigenvalue weighted by molar-refractivity contribution is 5.28. The number of hydrogen-bond acceptors (Lipinski definition) is 1. The van der Waals surface area contributed by atoms with Crippen LogP contribution in [0.2, 0.25) is 0 Å². The first kappa shape index (κ1) is 12.7. The van der Waals surface area contributed by atoms with Crippen LogP contribution < -0.4 is 4.74 Å². The predicted octanol–water partition coefficient (Wildman–Crippen LogP) is 3.65. The molecule has 0 bridgehead atoms. The molecule has 0 fully saturated rings. The van der Waals surface area contributed by atoms with Crippen LogP contribution in [0.1, 0.15) is 5.56 Å². The summed E-state index contributed by atoms with van der Waals surface area (Å²) in [7, 11) is 0. The molecule has 1 aromatic rings. The second kappa shape index (κ2) is 4.23. The summed E-state index contributed by atoms with van der Waals surface area (Å²) in [6, 6.07) is 3.00. The summed E-state index contributed by atoms with van der Waals surface area (Å²) in [4.78, 5) is 0. The number of benzene rings is 1. The van der Waals surface area contributed by atoms with Gasteiger partial charge in [-0.15, -0.1) is 0 Å². The molecular formula is C9H6F6O. The van der Waals surface area contributed by atoms with Gasteiger partial charge in [0.05, 0.1) is 5.56 Å². The Balaban J connectivity index is 2.66. The maximum absolute atomic E-state index is 12.1. The Labute approximate surface area is 86.6 Å². The molecule has 0 unspecified atom stereocenters. The Morgan fingerprint density at radius 1 is 0.875 bits per heavy atom. The molecule has 7 heteroatoms. The molecule has 0 spiro atoms. The Bertz CT molecular complexity index is 337. The van der Waals surface area contributed by atoms with Crippen molar-refractivity contribution in [2.75, 3.05) is 6.61 Å². The largest absolute Gasteiger partial charge is 0.484 e. The van der Waals surface area contributed by atoms with Crippen molar-refractivity contribution in [3.63, 3.8) is 0 Å². The first-order valence-electron chi connectivity index (χ1n) is 4.05. The summed E-state index contributed by atoms with van der Waals surface area (Å²) in [5.41, 5.74) is -0.938. The van der Waals surface area contributed by atoms with Crippen molar-refractivity contribution in [3.05, 3.63) is 29.8 Å². The van der Waals surface area contributed by atoms with E-state index in [9.17, 15) is 26.3 Å². The molecule has 0 amide bonds. The Hall–Kier alpha value is -1.40. The summed E-state index contributed by atoms with van der Waals surface area (Å²) in [6.07, 6.45) is -9.02.